The zero-order valence-corrected chi connectivity index (χ0v) is 22.2. The Hall–Kier alpha value is -5.02. The third kappa shape index (κ3) is 5.35. The number of aliphatic hydroxyl groups excluding tert-OH is 3. The third-order valence-corrected chi connectivity index (χ3v) is 7.01. The van der Waals surface area contributed by atoms with Crippen molar-refractivity contribution in [2.24, 2.45) is 0 Å². The van der Waals surface area contributed by atoms with Crippen molar-refractivity contribution in [3.8, 4) is 45.8 Å². The van der Waals surface area contributed by atoms with E-state index < -0.39 is 71.5 Å². The maximum atomic E-state index is 13.2. The predicted octanol–water partition coefficient (Wildman–Crippen LogP) is 1.38. The number of phenolic OH excluding ortho intramolecular Hbond substituents is 5. The van der Waals surface area contributed by atoms with Gasteiger partial charge in [0.15, 0.2) is 23.0 Å². The van der Waals surface area contributed by atoms with Crippen molar-refractivity contribution in [3.63, 3.8) is 0 Å². The van der Waals surface area contributed by atoms with Gasteiger partial charge in [-0.25, -0.2) is 4.79 Å². The standard InChI is InChI=1S/C29H26O14/c1-40-28-23(36)20-15(31)6-12(9-18(20)42-27(28)11-2-4-14(30)5-3-11)26-25(38)24(37)22(35)19(43-26)10-41-29(39)13-7-16(32)21(34)17(33)8-13/h2-9,19,22,24-26,30-35,37-38H,10H2,1H3/t19-,22-,24+,25-,26+/m1/s1. The van der Waals surface area contributed by atoms with Crippen molar-refractivity contribution in [2.75, 3.05) is 13.7 Å². The Morgan fingerprint density at radius 2 is 1.51 bits per heavy atom. The molecule has 0 amide bonds. The van der Waals surface area contributed by atoms with Crippen LogP contribution in [0.4, 0.5) is 0 Å². The largest absolute Gasteiger partial charge is 0.508 e. The maximum absolute atomic E-state index is 13.2. The first kappa shape index (κ1) is 29.5. The molecule has 1 aliphatic heterocycles. The number of ether oxygens (including phenoxy) is 3. The van der Waals surface area contributed by atoms with Crippen molar-refractivity contribution in [1.29, 1.82) is 0 Å². The molecule has 0 spiro atoms. The minimum Gasteiger partial charge on any atom is -0.508 e. The normalized spacial score (nSPS) is 21.9. The Labute approximate surface area is 241 Å². The van der Waals surface area contributed by atoms with Crippen LogP contribution >= 0.6 is 0 Å². The lowest BCUT2D eigenvalue weighted by Crippen LogP contribution is -2.55. The van der Waals surface area contributed by atoms with E-state index in [-0.39, 0.29) is 39.4 Å². The van der Waals surface area contributed by atoms with Gasteiger partial charge in [0.2, 0.25) is 11.2 Å². The highest BCUT2D eigenvalue weighted by atomic mass is 16.6. The molecule has 0 radical (unpaired) electrons. The topological polar surface area (TPSA) is 237 Å². The smallest absolute Gasteiger partial charge is 0.338 e. The molecule has 0 unspecified atom stereocenters. The molecule has 1 saturated heterocycles. The minimum absolute atomic E-state index is 0.0202. The van der Waals surface area contributed by atoms with Gasteiger partial charge in [0.05, 0.1) is 12.7 Å². The molecule has 5 atom stereocenters. The van der Waals surface area contributed by atoms with Crippen LogP contribution in [0.3, 0.4) is 0 Å². The van der Waals surface area contributed by atoms with E-state index in [1.165, 1.54) is 37.4 Å². The fourth-order valence-corrected chi connectivity index (χ4v) is 4.78. The lowest BCUT2D eigenvalue weighted by atomic mass is 9.90. The Bertz CT molecular complexity index is 1720. The number of phenols is 5. The lowest BCUT2D eigenvalue weighted by molar-refractivity contribution is -0.231. The van der Waals surface area contributed by atoms with E-state index in [0.717, 1.165) is 18.2 Å². The first-order valence-electron chi connectivity index (χ1n) is 12.7. The number of hydrogen-bond donors (Lipinski definition) is 8. The summed E-state index contributed by atoms with van der Waals surface area (Å²) in [5.74, 6) is -4.33. The molecular weight excluding hydrogens is 572 g/mol. The number of aliphatic hydroxyl groups is 3. The van der Waals surface area contributed by atoms with Crippen LogP contribution in [0.1, 0.15) is 22.0 Å². The molecule has 1 aliphatic rings. The summed E-state index contributed by atoms with van der Waals surface area (Å²) in [6, 6.07) is 9.74. The second kappa shape index (κ2) is 11.3. The molecule has 43 heavy (non-hydrogen) atoms. The van der Waals surface area contributed by atoms with E-state index in [2.05, 4.69) is 0 Å². The highest BCUT2D eigenvalue weighted by molar-refractivity contribution is 5.91. The van der Waals surface area contributed by atoms with Gasteiger partial charge in [0.25, 0.3) is 0 Å². The van der Waals surface area contributed by atoms with Gasteiger partial charge in [0, 0.05) is 5.56 Å². The predicted molar refractivity (Wildman–Crippen MR) is 145 cm³/mol. The van der Waals surface area contributed by atoms with Crippen LogP contribution in [0.5, 0.6) is 34.5 Å². The Morgan fingerprint density at radius 3 is 2.14 bits per heavy atom. The quantitative estimate of drug-likeness (QED) is 0.116. The van der Waals surface area contributed by atoms with Gasteiger partial charge >= 0.3 is 5.97 Å². The average molecular weight is 599 g/mol. The fraction of sp³-hybridized carbons (Fsp3) is 0.241. The Balaban J connectivity index is 1.47. The second-order valence-electron chi connectivity index (χ2n) is 9.78. The van der Waals surface area contributed by atoms with Crippen LogP contribution in [0.15, 0.2) is 57.7 Å². The first-order chi connectivity index (χ1) is 20.4. The number of rotatable bonds is 6. The summed E-state index contributed by atoms with van der Waals surface area (Å²) < 4.78 is 22.0. The fourth-order valence-electron chi connectivity index (χ4n) is 4.78. The van der Waals surface area contributed by atoms with Crippen molar-refractivity contribution < 1.29 is 64.3 Å². The molecule has 4 aromatic rings. The molecule has 3 aromatic carbocycles. The number of hydrogen-bond acceptors (Lipinski definition) is 14. The van der Waals surface area contributed by atoms with Crippen molar-refractivity contribution in [1.82, 2.24) is 0 Å². The molecule has 14 nitrogen and oxygen atoms in total. The molecule has 5 rings (SSSR count). The SMILES string of the molecule is COc1c(-c2ccc(O)cc2)oc2cc([C@@H]3O[C@H](COC(=O)c4cc(O)c(O)c(O)c4)[C@@H](O)[C@H](O)[C@H]3O)cc(O)c2c1=O. The van der Waals surface area contributed by atoms with Crippen LogP contribution in [0, 0.1) is 0 Å². The van der Waals surface area contributed by atoms with E-state index in [1.54, 1.807) is 0 Å². The molecule has 1 fully saturated rings. The van der Waals surface area contributed by atoms with E-state index >= 15 is 0 Å². The molecule has 14 heteroatoms. The number of esters is 1. The van der Waals surface area contributed by atoms with Gasteiger partial charge in [0.1, 0.15) is 59.6 Å². The van der Waals surface area contributed by atoms with E-state index in [9.17, 15) is 50.4 Å². The van der Waals surface area contributed by atoms with E-state index in [1.807, 2.05) is 0 Å². The zero-order chi connectivity index (χ0) is 31.2. The summed E-state index contributed by atoms with van der Waals surface area (Å²) in [5.41, 5.74) is -0.811. The van der Waals surface area contributed by atoms with Crippen LogP contribution in [-0.4, -0.2) is 85.0 Å². The molecule has 0 aliphatic carbocycles. The summed E-state index contributed by atoms with van der Waals surface area (Å²) in [6.07, 6.45) is -8.13. The summed E-state index contributed by atoms with van der Waals surface area (Å²) >= 11 is 0. The highest BCUT2D eigenvalue weighted by Gasteiger charge is 2.45. The van der Waals surface area contributed by atoms with Crippen molar-refractivity contribution in [2.45, 2.75) is 30.5 Å². The Morgan fingerprint density at radius 1 is 0.860 bits per heavy atom. The summed E-state index contributed by atoms with van der Waals surface area (Å²) in [7, 11) is 1.24. The number of carbonyl (C=O) groups excluding carboxylic acids is 1. The van der Waals surface area contributed by atoms with Crippen molar-refractivity contribution in [3.05, 3.63) is 69.9 Å². The van der Waals surface area contributed by atoms with Gasteiger partial charge in [-0.3, -0.25) is 4.79 Å². The van der Waals surface area contributed by atoms with Gasteiger partial charge in [-0.1, -0.05) is 0 Å². The molecule has 0 saturated carbocycles. The monoisotopic (exact) mass is 598 g/mol. The number of methoxy groups -OCH3 is 1. The van der Waals surface area contributed by atoms with Crippen LogP contribution < -0.4 is 10.2 Å². The molecule has 226 valence electrons. The zero-order valence-electron chi connectivity index (χ0n) is 22.2. The van der Waals surface area contributed by atoms with Gasteiger partial charge in [-0.2, -0.15) is 0 Å². The van der Waals surface area contributed by atoms with E-state index in [0.29, 0.717) is 5.56 Å². The summed E-state index contributed by atoms with van der Waals surface area (Å²) in [5, 5.41) is 80.7. The minimum atomic E-state index is -1.81. The number of benzene rings is 3. The molecule has 8 N–H and O–H groups in total. The Kier molecular flexibility index (Phi) is 7.77. The van der Waals surface area contributed by atoms with Crippen LogP contribution in [0.2, 0.25) is 0 Å². The molecular formula is C29H26O14. The third-order valence-electron chi connectivity index (χ3n) is 7.01. The van der Waals surface area contributed by atoms with Crippen LogP contribution in [0.25, 0.3) is 22.3 Å². The maximum Gasteiger partial charge on any atom is 0.338 e. The number of aromatic hydroxyl groups is 5. The lowest BCUT2D eigenvalue weighted by Gasteiger charge is -2.40. The van der Waals surface area contributed by atoms with Crippen molar-refractivity contribution >= 4 is 16.9 Å². The number of fused-ring (bicyclic) bond motifs is 1. The van der Waals surface area contributed by atoms with Gasteiger partial charge < -0.3 is 59.5 Å². The molecule has 2 heterocycles. The highest BCUT2D eigenvalue weighted by Crippen LogP contribution is 2.40. The van der Waals surface area contributed by atoms with Gasteiger partial charge in [-0.15, -0.1) is 0 Å². The molecule has 0 bridgehead atoms. The summed E-state index contributed by atoms with van der Waals surface area (Å²) in [4.78, 5) is 25.7. The summed E-state index contributed by atoms with van der Waals surface area (Å²) in [6.45, 7) is -0.667. The average Bonchev–Trinajstić information content (AvgIpc) is 2.97. The second-order valence-corrected chi connectivity index (χ2v) is 9.78. The van der Waals surface area contributed by atoms with Crippen LogP contribution in [-0.2, 0) is 9.47 Å². The van der Waals surface area contributed by atoms with Gasteiger partial charge in [-0.05, 0) is 54.1 Å². The number of carbonyl (C=O) groups is 1. The first-order valence-corrected chi connectivity index (χ1v) is 12.7. The van der Waals surface area contributed by atoms with E-state index in [4.69, 9.17) is 18.6 Å². The molecule has 1 aromatic heterocycles.